The van der Waals surface area contributed by atoms with Crippen LogP contribution in [0, 0.1) is 5.92 Å². The Balaban J connectivity index is 1.51. The zero-order valence-corrected chi connectivity index (χ0v) is 14.6. The van der Waals surface area contributed by atoms with E-state index in [1.165, 1.54) is 4.68 Å². The van der Waals surface area contributed by atoms with Crippen LogP contribution < -0.4 is 5.32 Å². The maximum atomic E-state index is 12.8. The molecule has 25 heavy (non-hydrogen) atoms. The topological polar surface area (TPSA) is 76.9 Å². The Morgan fingerprint density at radius 2 is 2.28 bits per heavy atom. The molecule has 1 fully saturated rings. The minimum atomic E-state index is -2.69. The molecule has 2 aromatic heterocycles. The van der Waals surface area contributed by atoms with E-state index in [9.17, 15) is 17.8 Å². The molecule has 0 aliphatic heterocycles. The van der Waals surface area contributed by atoms with Crippen LogP contribution in [0.4, 0.5) is 14.5 Å². The van der Waals surface area contributed by atoms with Gasteiger partial charge in [-0.2, -0.15) is 5.10 Å². The van der Waals surface area contributed by atoms with Gasteiger partial charge in [-0.3, -0.25) is 14.0 Å². The third kappa shape index (κ3) is 4.60. The van der Waals surface area contributed by atoms with Crippen LogP contribution in [0.1, 0.15) is 12.8 Å². The number of hydrogen-bond acceptors (Lipinski definition) is 4. The first-order chi connectivity index (χ1) is 11.8. The lowest BCUT2D eigenvalue weighted by atomic mass is 10.4. The highest BCUT2D eigenvalue weighted by Crippen LogP contribution is 2.48. The van der Waals surface area contributed by atoms with E-state index in [4.69, 9.17) is 11.6 Å². The number of carbonyl (C=O) groups is 1. The molecule has 1 saturated carbocycles. The van der Waals surface area contributed by atoms with Gasteiger partial charge < -0.3 is 5.32 Å². The number of carbonyl (C=O) groups excluding carboxylic acids is 1. The molecule has 3 rings (SSSR count). The first-order valence-corrected chi connectivity index (χ1v) is 9.40. The van der Waals surface area contributed by atoms with Crippen molar-refractivity contribution in [1.82, 2.24) is 14.8 Å². The van der Waals surface area contributed by atoms with Crippen molar-refractivity contribution in [2.45, 2.75) is 18.8 Å². The summed E-state index contributed by atoms with van der Waals surface area (Å²) < 4.78 is 38.8. The molecule has 6 nitrogen and oxygen atoms in total. The second-order valence-corrected chi connectivity index (χ2v) is 7.74. The number of aromatic nitrogens is 3. The van der Waals surface area contributed by atoms with Crippen LogP contribution in [0.2, 0.25) is 5.15 Å². The van der Waals surface area contributed by atoms with Crippen molar-refractivity contribution in [2.24, 2.45) is 5.92 Å². The predicted molar refractivity (Wildman–Crippen MR) is 90.5 cm³/mol. The van der Waals surface area contributed by atoms with Gasteiger partial charge in [0, 0.05) is 47.3 Å². The van der Waals surface area contributed by atoms with E-state index in [1.807, 2.05) is 0 Å². The van der Waals surface area contributed by atoms with Crippen LogP contribution in [0.5, 0.6) is 0 Å². The fourth-order valence-corrected chi connectivity index (χ4v) is 3.80. The number of pyridine rings is 1. The van der Waals surface area contributed by atoms with E-state index in [2.05, 4.69) is 15.4 Å². The Bertz CT molecular complexity index is 800. The third-order valence-electron chi connectivity index (χ3n) is 3.75. The Hall–Kier alpha value is -1.87. The molecule has 1 N–H and O–H groups in total. The Labute approximate surface area is 150 Å². The van der Waals surface area contributed by atoms with E-state index < -0.39 is 28.5 Å². The van der Waals surface area contributed by atoms with Crippen LogP contribution in [0.25, 0.3) is 5.69 Å². The summed E-state index contributed by atoms with van der Waals surface area (Å²) >= 11 is 6.00. The fourth-order valence-electron chi connectivity index (χ4n) is 2.24. The van der Waals surface area contributed by atoms with Crippen LogP contribution in [0.3, 0.4) is 0 Å². The van der Waals surface area contributed by atoms with E-state index in [-0.39, 0.29) is 29.5 Å². The maximum Gasteiger partial charge on any atom is 0.252 e. The lowest BCUT2D eigenvalue weighted by Crippen LogP contribution is -2.17. The largest absolute Gasteiger partial charge is 0.322 e. The summed E-state index contributed by atoms with van der Waals surface area (Å²) in [6.45, 7) is 0. The summed E-state index contributed by atoms with van der Waals surface area (Å²) in [6.07, 6.45) is 4.49. The van der Waals surface area contributed by atoms with Gasteiger partial charge in [0.2, 0.25) is 5.91 Å². The van der Waals surface area contributed by atoms with E-state index >= 15 is 0 Å². The highest BCUT2D eigenvalue weighted by atomic mass is 35.5. The first kappa shape index (κ1) is 17.9. The molecule has 0 saturated heterocycles. The molecule has 0 aromatic carbocycles. The monoisotopic (exact) mass is 388 g/mol. The molecular weight excluding hydrogens is 374 g/mol. The normalized spacial score (nSPS) is 19.4. The molecule has 1 aliphatic rings. The van der Waals surface area contributed by atoms with Gasteiger partial charge in [-0.25, -0.2) is 13.5 Å². The highest BCUT2D eigenvalue weighted by molar-refractivity contribution is 7.85. The number of halogens is 3. The molecule has 10 heteroatoms. The summed E-state index contributed by atoms with van der Waals surface area (Å²) in [5.41, 5.74) is 0.992. The Kier molecular flexibility index (Phi) is 5.14. The molecule has 134 valence electrons. The summed E-state index contributed by atoms with van der Waals surface area (Å²) in [5, 5.41) is 6.77. The standard InChI is InChI=1S/C15H15ClF2N4O2S/c16-14-12(8-22(21-14)11-2-1-4-19-7-11)20-13(23)3-5-25(24)9-10-6-15(10,17)18/h1-2,4,7-8,10H,3,5-6,9H2,(H,20,23). The Morgan fingerprint density at radius 3 is 2.92 bits per heavy atom. The SMILES string of the molecule is O=C(CCS(=O)CC1CC1(F)F)Nc1cn(-c2cccnc2)nc1Cl. The van der Waals surface area contributed by atoms with Gasteiger partial charge in [-0.15, -0.1) is 0 Å². The zero-order valence-electron chi connectivity index (χ0n) is 13.0. The average Bonchev–Trinajstić information content (AvgIpc) is 3.00. The second kappa shape index (κ2) is 7.17. The molecule has 0 spiro atoms. The molecule has 2 aromatic rings. The van der Waals surface area contributed by atoms with Crippen LogP contribution >= 0.6 is 11.6 Å². The van der Waals surface area contributed by atoms with Gasteiger partial charge in [0.25, 0.3) is 5.92 Å². The van der Waals surface area contributed by atoms with Crippen molar-refractivity contribution in [3.8, 4) is 5.69 Å². The highest BCUT2D eigenvalue weighted by Gasteiger charge is 2.57. The van der Waals surface area contributed by atoms with Crippen molar-refractivity contribution in [3.63, 3.8) is 0 Å². The Morgan fingerprint density at radius 1 is 1.52 bits per heavy atom. The van der Waals surface area contributed by atoms with Crippen LogP contribution in [-0.4, -0.2) is 42.3 Å². The summed E-state index contributed by atoms with van der Waals surface area (Å²) in [5.74, 6) is -3.94. The van der Waals surface area contributed by atoms with Gasteiger partial charge >= 0.3 is 0 Å². The van der Waals surface area contributed by atoms with Crippen LogP contribution in [-0.2, 0) is 15.6 Å². The van der Waals surface area contributed by atoms with Crippen molar-refractivity contribution in [2.75, 3.05) is 16.8 Å². The third-order valence-corrected chi connectivity index (χ3v) is 5.47. The number of anilines is 1. The molecular formula is C15H15ClF2N4O2S. The second-order valence-electron chi connectivity index (χ2n) is 5.76. The summed E-state index contributed by atoms with van der Waals surface area (Å²) in [7, 11) is -1.45. The number of alkyl halides is 2. The minimum absolute atomic E-state index is 0.0345. The van der Waals surface area contributed by atoms with Crippen LogP contribution in [0.15, 0.2) is 30.7 Å². The van der Waals surface area contributed by atoms with Gasteiger partial charge in [0.05, 0.1) is 23.8 Å². The lowest BCUT2D eigenvalue weighted by Gasteiger charge is -2.03. The molecule has 0 radical (unpaired) electrons. The molecule has 1 aliphatic carbocycles. The summed E-state index contributed by atoms with van der Waals surface area (Å²) in [6, 6.07) is 3.51. The maximum absolute atomic E-state index is 12.8. The fraction of sp³-hybridized carbons (Fsp3) is 0.400. The molecule has 2 unspecified atom stereocenters. The van der Waals surface area contributed by atoms with E-state index in [1.54, 1.807) is 30.7 Å². The average molecular weight is 389 g/mol. The predicted octanol–water partition coefficient (Wildman–Crippen LogP) is 2.65. The number of nitrogens with one attached hydrogen (secondary N) is 1. The quantitative estimate of drug-likeness (QED) is 0.791. The van der Waals surface area contributed by atoms with Gasteiger partial charge in [0.15, 0.2) is 5.15 Å². The van der Waals surface area contributed by atoms with Gasteiger partial charge in [0.1, 0.15) is 0 Å². The first-order valence-electron chi connectivity index (χ1n) is 7.53. The number of amides is 1. The van der Waals surface area contributed by atoms with Crippen molar-refractivity contribution in [1.29, 1.82) is 0 Å². The van der Waals surface area contributed by atoms with Crippen molar-refractivity contribution < 1.29 is 17.8 Å². The molecule has 2 heterocycles. The summed E-state index contributed by atoms with van der Waals surface area (Å²) in [4.78, 5) is 15.9. The molecule has 0 bridgehead atoms. The zero-order chi connectivity index (χ0) is 18.0. The molecule has 2 atom stereocenters. The van der Waals surface area contributed by atoms with Crippen molar-refractivity contribution >= 4 is 34.0 Å². The van der Waals surface area contributed by atoms with E-state index in [0.717, 1.165) is 0 Å². The number of nitrogens with zero attached hydrogens (tertiary/aromatic N) is 3. The van der Waals surface area contributed by atoms with Gasteiger partial charge in [-0.05, 0) is 12.1 Å². The van der Waals surface area contributed by atoms with Crippen molar-refractivity contribution in [3.05, 3.63) is 35.9 Å². The lowest BCUT2D eigenvalue weighted by molar-refractivity contribution is -0.115. The number of hydrogen-bond donors (Lipinski definition) is 1. The van der Waals surface area contributed by atoms with Gasteiger partial charge in [-0.1, -0.05) is 11.6 Å². The van der Waals surface area contributed by atoms with E-state index in [0.29, 0.717) is 11.4 Å². The molecule has 1 amide bonds. The minimum Gasteiger partial charge on any atom is -0.322 e. The number of rotatable bonds is 7. The smallest absolute Gasteiger partial charge is 0.252 e.